The largest absolute Gasteiger partial charge is 0.389 e. The molecule has 2 rings (SSSR count). The Morgan fingerprint density at radius 3 is 2.60 bits per heavy atom. The molecule has 0 radical (unpaired) electrons. The SMILES string of the molecule is C[C@H](O)c1cccc(F)c1Sc1ccccc1[N+](=O)[O-]. The van der Waals surface area contributed by atoms with Gasteiger partial charge in [0.1, 0.15) is 5.82 Å². The van der Waals surface area contributed by atoms with Gasteiger partial charge < -0.3 is 5.11 Å². The zero-order valence-electron chi connectivity index (χ0n) is 10.6. The average molecular weight is 293 g/mol. The summed E-state index contributed by atoms with van der Waals surface area (Å²) in [6, 6.07) is 10.5. The van der Waals surface area contributed by atoms with E-state index in [-0.39, 0.29) is 10.6 Å². The second-order valence-electron chi connectivity index (χ2n) is 4.16. The van der Waals surface area contributed by atoms with Crippen LogP contribution < -0.4 is 0 Å². The molecule has 4 nitrogen and oxygen atoms in total. The molecule has 6 heteroatoms. The number of benzene rings is 2. The van der Waals surface area contributed by atoms with Gasteiger partial charge in [0.05, 0.1) is 20.8 Å². The van der Waals surface area contributed by atoms with Gasteiger partial charge in [0, 0.05) is 6.07 Å². The highest BCUT2D eigenvalue weighted by Gasteiger charge is 2.19. The molecular weight excluding hydrogens is 281 g/mol. The van der Waals surface area contributed by atoms with Crippen molar-refractivity contribution >= 4 is 17.4 Å². The van der Waals surface area contributed by atoms with E-state index in [1.807, 2.05) is 0 Å². The van der Waals surface area contributed by atoms with Crippen molar-refractivity contribution in [2.24, 2.45) is 0 Å². The molecule has 0 unspecified atom stereocenters. The number of nitrogens with zero attached hydrogens (tertiary/aromatic N) is 1. The van der Waals surface area contributed by atoms with Crippen LogP contribution in [0.1, 0.15) is 18.6 Å². The first-order valence-corrected chi connectivity index (χ1v) is 6.70. The molecule has 0 heterocycles. The fraction of sp³-hybridized carbons (Fsp3) is 0.143. The Hall–Kier alpha value is -1.92. The van der Waals surface area contributed by atoms with Crippen LogP contribution >= 0.6 is 11.8 Å². The summed E-state index contributed by atoms with van der Waals surface area (Å²) in [4.78, 5) is 11.0. The molecule has 0 saturated heterocycles. The predicted molar refractivity (Wildman–Crippen MR) is 74.3 cm³/mol. The minimum absolute atomic E-state index is 0.0858. The van der Waals surface area contributed by atoms with Crippen molar-refractivity contribution in [2.75, 3.05) is 0 Å². The zero-order valence-corrected chi connectivity index (χ0v) is 11.4. The molecule has 0 spiro atoms. The van der Waals surface area contributed by atoms with E-state index in [9.17, 15) is 19.6 Å². The lowest BCUT2D eigenvalue weighted by atomic mass is 10.1. The highest BCUT2D eigenvalue weighted by Crippen LogP contribution is 2.39. The van der Waals surface area contributed by atoms with Gasteiger partial charge in [-0.05, 0) is 24.6 Å². The first-order chi connectivity index (χ1) is 9.50. The van der Waals surface area contributed by atoms with Gasteiger partial charge in [-0.15, -0.1) is 0 Å². The number of hydrogen-bond donors (Lipinski definition) is 1. The highest BCUT2D eigenvalue weighted by atomic mass is 32.2. The Bertz CT molecular complexity index is 646. The molecule has 0 aliphatic heterocycles. The fourth-order valence-electron chi connectivity index (χ4n) is 1.77. The molecule has 1 N–H and O–H groups in total. The normalized spacial score (nSPS) is 12.2. The molecule has 1 atom stereocenters. The highest BCUT2D eigenvalue weighted by molar-refractivity contribution is 7.99. The van der Waals surface area contributed by atoms with Gasteiger partial charge in [-0.2, -0.15) is 0 Å². The van der Waals surface area contributed by atoms with Crippen molar-refractivity contribution in [3.63, 3.8) is 0 Å². The van der Waals surface area contributed by atoms with Crippen LogP contribution in [-0.2, 0) is 0 Å². The van der Waals surface area contributed by atoms with Crippen LogP contribution in [0.5, 0.6) is 0 Å². The van der Waals surface area contributed by atoms with Gasteiger partial charge in [0.2, 0.25) is 0 Å². The first kappa shape index (κ1) is 14.5. The number of rotatable bonds is 4. The van der Waals surface area contributed by atoms with Crippen molar-refractivity contribution in [3.8, 4) is 0 Å². The monoisotopic (exact) mass is 293 g/mol. The Morgan fingerprint density at radius 1 is 1.25 bits per heavy atom. The van der Waals surface area contributed by atoms with Crippen LogP contribution in [0.3, 0.4) is 0 Å². The number of hydrogen-bond acceptors (Lipinski definition) is 4. The van der Waals surface area contributed by atoms with E-state index in [4.69, 9.17) is 0 Å². The molecule has 2 aromatic rings. The van der Waals surface area contributed by atoms with E-state index in [0.29, 0.717) is 10.5 Å². The van der Waals surface area contributed by atoms with E-state index in [0.717, 1.165) is 11.8 Å². The topological polar surface area (TPSA) is 63.4 Å². The standard InChI is InChI=1S/C14H12FNO3S/c1-9(17)10-5-4-6-11(15)14(10)20-13-8-3-2-7-12(13)16(18)19/h2-9,17H,1H3/t9-/m0/s1. The fourth-order valence-corrected chi connectivity index (χ4v) is 2.90. The van der Waals surface area contributed by atoms with Gasteiger partial charge in [-0.1, -0.05) is 36.0 Å². The summed E-state index contributed by atoms with van der Waals surface area (Å²) in [6.45, 7) is 1.53. The molecule has 0 aliphatic carbocycles. The van der Waals surface area contributed by atoms with Crippen molar-refractivity contribution in [1.29, 1.82) is 0 Å². The molecule has 0 fully saturated rings. The minimum atomic E-state index is -0.851. The van der Waals surface area contributed by atoms with Crippen molar-refractivity contribution in [2.45, 2.75) is 22.8 Å². The van der Waals surface area contributed by atoms with Crippen molar-refractivity contribution < 1.29 is 14.4 Å². The smallest absolute Gasteiger partial charge is 0.283 e. The van der Waals surface area contributed by atoms with Gasteiger partial charge in [-0.3, -0.25) is 10.1 Å². The van der Waals surface area contributed by atoms with Crippen molar-refractivity contribution in [3.05, 3.63) is 64.0 Å². The lowest BCUT2D eigenvalue weighted by Gasteiger charge is -2.12. The molecular formula is C14H12FNO3S. The Kier molecular flexibility index (Phi) is 4.36. The molecule has 0 aliphatic rings. The van der Waals surface area contributed by atoms with Gasteiger partial charge in [0.15, 0.2) is 0 Å². The van der Waals surface area contributed by atoms with Crippen LogP contribution in [0.4, 0.5) is 10.1 Å². The van der Waals surface area contributed by atoms with E-state index in [1.165, 1.54) is 25.1 Å². The second kappa shape index (κ2) is 6.02. The van der Waals surface area contributed by atoms with Crippen molar-refractivity contribution in [1.82, 2.24) is 0 Å². The summed E-state index contributed by atoms with van der Waals surface area (Å²) in [6.07, 6.45) is -0.851. The number of nitro groups is 1. The zero-order chi connectivity index (χ0) is 14.7. The number of halogens is 1. The third-order valence-corrected chi connectivity index (χ3v) is 3.92. The summed E-state index contributed by atoms with van der Waals surface area (Å²) < 4.78 is 13.9. The summed E-state index contributed by atoms with van der Waals surface area (Å²) in [5.74, 6) is -0.508. The Labute approximate surface area is 119 Å². The summed E-state index contributed by atoms with van der Waals surface area (Å²) in [5.41, 5.74) is 0.324. The minimum Gasteiger partial charge on any atom is -0.389 e. The number of aliphatic hydroxyl groups is 1. The summed E-state index contributed by atoms with van der Waals surface area (Å²) in [7, 11) is 0. The molecule has 0 amide bonds. The average Bonchev–Trinajstić information content (AvgIpc) is 2.41. The Morgan fingerprint density at radius 2 is 1.95 bits per heavy atom. The quantitative estimate of drug-likeness (QED) is 0.685. The first-order valence-electron chi connectivity index (χ1n) is 5.88. The lowest BCUT2D eigenvalue weighted by Crippen LogP contribution is -1.97. The van der Waals surface area contributed by atoms with Crippen LogP contribution in [0.2, 0.25) is 0 Å². The third-order valence-electron chi connectivity index (χ3n) is 2.72. The summed E-state index contributed by atoms with van der Waals surface area (Å²) in [5, 5.41) is 20.6. The maximum Gasteiger partial charge on any atom is 0.283 e. The van der Waals surface area contributed by atoms with E-state index in [2.05, 4.69) is 0 Å². The molecule has 0 bridgehead atoms. The van der Waals surface area contributed by atoms with Crippen LogP contribution in [0.15, 0.2) is 52.3 Å². The molecule has 20 heavy (non-hydrogen) atoms. The van der Waals surface area contributed by atoms with E-state index in [1.54, 1.807) is 24.3 Å². The Balaban J connectivity index is 2.48. The maximum atomic E-state index is 13.9. The van der Waals surface area contributed by atoms with E-state index < -0.39 is 16.8 Å². The maximum absolute atomic E-state index is 13.9. The van der Waals surface area contributed by atoms with Gasteiger partial charge in [-0.25, -0.2) is 4.39 Å². The third kappa shape index (κ3) is 2.97. The molecule has 0 aromatic heterocycles. The van der Waals surface area contributed by atoms with Gasteiger partial charge >= 0.3 is 0 Å². The molecule has 2 aromatic carbocycles. The molecule has 104 valence electrons. The number of para-hydroxylation sites is 1. The number of nitro benzene ring substituents is 1. The predicted octanol–water partition coefficient (Wildman–Crippen LogP) is 3.94. The van der Waals surface area contributed by atoms with Gasteiger partial charge in [0.25, 0.3) is 5.69 Å². The van der Waals surface area contributed by atoms with Crippen LogP contribution in [0.25, 0.3) is 0 Å². The summed E-state index contributed by atoms with van der Waals surface area (Å²) >= 11 is 0.947. The van der Waals surface area contributed by atoms with Crippen LogP contribution in [-0.4, -0.2) is 10.0 Å². The lowest BCUT2D eigenvalue weighted by molar-refractivity contribution is -0.387. The second-order valence-corrected chi connectivity index (χ2v) is 5.21. The van der Waals surface area contributed by atoms with Crippen LogP contribution in [0, 0.1) is 15.9 Å². The van der Waals surface area contributed by atoms with E-state index >= 15 is 0 Å². The number of aliphatic hydroxyl groups excluding tert-OH is 1. The molecule has 0 saturated carbocycles.